The summed E-state index contributed by atoms with van der Waals surface area (Å²) in [5.41, 5.74) is 2.60. The highest BCUT2D eigenvalue weighted by atomic mass is 32.1. The van der Waals surface area contributed by atoms with Crippen molar-refractivity contribution in [1.82, 2.24) is 5.32 Å². The van der Waals surface area contributed by atoms with Gasteiger partial charge in [0.1, 0.15) is 4.88 Å². The molecule has 1 aromatic carbocycles. The number of benzene rings is 1. The van der Waals surface area contributed by atoms with E-state index in [9.17, 15) is 19.2 Å². The number of ether oxygens (including phenoxy) is 1. The lowest BCUT2D eigenvalue weighted by Gasteiger charge is -2.08. The number of amides is 4. The summed E-state index contributed by atoms with van der Waals surface area (Å²) in [6.45, 7) is 3.22. The largest absolute Gasteiger partial charge is 0.459 e. The molecule has 160 valence electrons. The Balaban J connectivity index is 1.45. The lowest BCUT2D eigenvalue weighted by molar-refractivity contribution is -0.123. The Hall–Kier alpha value is -3.92. The van der Waals surface area contributed by atoms with E-state index < -0.39 is 30.4 Å². The van der Waals surface area contributed by atoms with Gasteiger partial charge in [-0.1, -0.05) is 6.07 Å². The second-order valence-corrected chi connectivity index (χ2v) is 7.56. The Kier molecular flexibility index (Phi) is 6.83. The maximum atomic E-state index is 12.1. The first kappa shape index (κ1) is 21.8. The summed E-state index contributed by atoms with van der Waals surface area (Å²) in [5.74, 6) is -1.86. The van der Waals surface area contributed by atoms with Crippen molar-refractivity contribution in [3.8, 4) is 0 Å². The van der Waals surface area contributed by atoms with Crippen molar-refractivity contribution in [2.75, 3.05) is 17.2 Å². The quantitative estimate of drug-likeness (QED) is 0.501. The van der Waals surface area contributed by atoms with Crippen LogP contribution in [0.4, 0.5) is 15.5 Å². The molecule has 2 heterocycles. The number of imide groups is 1. The van der Waals surface area contributed by atoms with E-state index in [4.69, 9.17) is 9.15 Å². The third kappa shape index (κ3) is 6.03. The van der Waals surface area contributed by atoms with Crippen LogP contribution in [0.3, 0.4) is 0 Å². The summed E-state index contributed by atoms with van der Waals surface area (Å²) in [4.78, 5) is 48.0. The highest BCUT2D eigenvalue weighted by Gasteiger charge is 2.16. The third-order valence-corrected chi connectivity index (χ3v) is 5.12. The van der Waals surface area contributed by atoms with Gasteiger partial charge in [-0.25, -0.2) is 9.59 Å². The average Bonchev–Trinajstić information content (AvgIpc) is 3.41. The average molecular weight is 441 g/mol. The molecule has 4 amide bonds. The van der Waals surface area contributed by atoms with E-state index in [0.29, 0.717) is 10.7 Å². The van der Waals surface area contributed by atoms with Gasteiger partial charge in [0, 0.05) is 5.69 Å². The summed E-state index contributed by atoms with van der Waals surface area (Å²) >= 11 is 0.977. The molecular formula is C21H19N3O6S. The van der Waals surface area contributed by atoms with Gasteiger partial charge in [-0.3, -0.25) is 14.9 Å². The zero-order valence-electron chi connectivity index (χ0n) is 16.7. The van der Waals surface area contributed by atoms with Gasteiger partial charge in [0.25, 0.3) is 11.8 Å². The summed E-state index contributed by atoms with van der Waals surface area (Å²) in [7, 11) is 0. The first-order chi connectivity index (χ1) is 14.8. The first-order valence-electron chi connectivity index (χ1n) is 9.11. The molecule has 0 spiro atoms. The number of thiophene rings is 1. The third-order valence-electron chi connectivity index (χ3n) is 4.14. The lowest BCUT2D eigenvalue weighted by atomic mass is 10.1. The van der Waals surface area contributed by atoms with E-state index in [1.807, 2.05) is 19.9 Å². The van der Waals surface area contributed by atoms with E-state index in [-0.39, 0.29) is 10.6 Å². The van der Waals surface area contributed by atoms with Gasteiger partial charge in [0.15, 0.2) is 12.4 Å². The Morgan fingerprint density at radius 3 is 2.52 bits per heavy atom. The molecule has 0 aliphatic rings. The van der Waals surface area contributed by atoms with Crippen LogP contribution in [-0.2, 0) is 9.53 Å². The number of urea groups is 1. The van der Waals surface area contributed by atoms with Crippen molar-refractivity contribution in [2.45, 2.75) is 13.8 Å². The highest BCUT2D eigenvalue weighted by Crippen LogP contribution is 2.23. The number of hydrogen-bond acceptors (Lipinski definition) is 7. The minimum atomic E-state index is -0.780. The fourth-order valence-electron chi connectivity index (χ4n) is 2.44. The molecule has 3 rings (SSSR count). The number of nitrogens with one attached hydrogen (secondary N) is 3. The molecular weight excluding hydrogens is 422 g/mol. The summed E-state index contributed by atoms with van der Waals surface area (Å²) < 4.78 is 9.91. The van der Waals surface area contributed by atoms with Crippen molar-refractivity contribution in [2.24, 2.45) is 0 Å². The number of aryl methyl sites for hydroxylation is 2. The molecule has 0 aliphatic heterocycles. The van der Waals surface area contributed by atoms with Crippen LogP contribution in [0.15, 0.2) is 53.1 Å². The molecule has 31 heavy (non-hydrogen) atoms. The Morgan fingerprint density at radius 1 is 1.00 bits per heavy atom. The van der Waals surface area contributed by atoms with Gasteiger partial charge in [0.05, 0.1) is 11.3 Å². The predicted molar refractivity (Wildman–Crippen MR) is 114 cm³/mol. The van der Waals surface area contributed by atoms with Crippen LogP contribution in [0.2, 0.25) is 0 Å². The molecule has 2 aromatic heterocycles. The molecule has 0 bridgehead atoms. The zero-order valence-corrected chi connectivity index (χ0v) is 17.5. The van der Waals surface area contributed by atoms with Crippen LogP contribution in [0.1, 0.15) is 31.4 Å². The number of furan rings is 1. The van der Waals surface area contributed by atoms with E-state index in [1.54, 1.807) is 18.2 Å². The molecule has 0 saturated carbocycles. The minimum absolute atomic E-state index is 0.133. The van der Waals surface area contributed by atoms with Crippen LogP contribution in [-0.4, -0.2) is 30.4 Å². The first-order valence-corrected chi connectivity index (χ1v) is 9.93. The van der Waals surface area contributed by atoms with Crippen LogP contribution >= 0.6 is 11.3 Å². The Bertz CT molecular complexity index is 1120. The highest BCUT2D eigenvalue weighted by molar-refractivity contribution is 7.18. The van der Waals surface area contributed by atoms with Crippen molar-refractivity contribution in [1.29, 1.82) is 0 Å². The number of esters is 1. The molecule has 0 atom stereocenters. The predicted octanol–water partition coefficient (Wildman–Crippen LogP) is 3.72. The smallest absolute Gasteiger partial charge is 0.348 e. The van der Waals surface area contributed by atoms with Crippen molar-refractivity contribution in [3.05, 3.63) is 70.5 Å². The molecule has 0 aliphatic carbocycles. The summed E-state index contributed by atoms with van der Waals surface area (Å²) in [5, 5.41) is 7.62. The molecule has 3 aromatic rings. The fraction of sp³-hybridized carbons (Fsp3) is 0.143. The normalized spacial score (nSPS) is 10.3. The molecule has 3 N–H and O–H groups in total. The molecule has 9 nitrogen and oxygen atoms in total. The number of carbonyl (C=O) groups excluding carboxylic acids is 4. The maximum absolute atomic E-state index is 12.1. The van der Waals surface area contributed by atoms with E-state index in [1.165, 1.54) is 24.5 Å². The second-order valence-electron chi connectivity index (χ2n) is 6.47. The van der Waals surface area contributed by atoms with E-state index >= 15 is 0 Å². The van der Waals surface area contributed by atoms with Crippen molar-refractivity contribution >= 4 is 45.8 Å². The van der Waals surface area contributed by atoms with E-state index in [2.05, 4.69) is 16.0 Å². The SMILES string of the molecule is Cc1ccc(NC(=O)NC(=O)COC(=O)c2ccc(NC(=O)c3ccco3)s2)cc1C. The Morgan fingerprint density at radius 2 is 1.81 bits per heavy atom. The number of hydrogen-bond donors (Lipinski definition) is 3. The van der Waals surface area contributed by atoms with Gasteiger partial charge in [-0.15, -0.1) is 11.3 Å². The number of rotatable bonds is 6. The van der Waals surface area contributed by atoms with E-state index in [0.717, 1.165) is 22.5 Å². The second kappa shape index (κ2) is 9.72. The minimum Gasteiger partial charge on any atom is -0.459 e. The standard InChI is InChI=1S/C21H19N3O6S/c1-12-5-6-14(10-13(12)2)22-21(28)23-17(25)11-30-20(27)16-7-8-18(31-16)24-19(26)15-4-3-9-29-15/h3-10H,11H2,1-2H3,(H,24,26)(H2,22,23,25,28). The summed E-state index contributed by atoms with van der Waals surface area (Å²) in [6, 6.07) is 10.7. The van der Waals surface area contributed by atoms with Crippen LogP contribution in [0, 0.1) is 13.8 Å². The molecule has 0 unspecified atom stereocenters. The molecule has 0 saturated heterocycles. The molecule has 10 heteroatoms. The molecule has 0 radical (unpaired) electrons. The zero-order chi connectivity index (χ0) is 22.4. The van der Waals surface area contributed by atoms with Gasteiger partial charge >= 0.3 is 12.0 Å². The number of anilines is 2. The van der Waals surface area contributed by atoms with Gasteiger partial charge in [-0.05, 0) is 61.4 Å². The molecule has 0 fully saturated rings. The van der Waals surface area contributed by atoms with Crippen molar-refractivity contribution in [3.63, 3.8) is 0 Å². The van der Waals surface area contributed by atoms with Gasteiger partial charge < -0.3 is 19.8 Å². The van der Waals surface area contributed by atoms with Crippen LogP contribution in [0.25, 0.3) is 0 Å². The van der Waals surface area contributed by atoms with Crippen LogP contribution < -0.4 is 16.0 Å². The topological polar surface area (TPSA) is 127 Å². The fourth-order valence-corrected chi connectivity index (χ4v) is 3.24. The van der Waals surface area contributed by atoms with Crippen LogP contribution in [0.5, 0.6) is 0 Å². The maximum Gasteiger partial charge on any atom is 0.348 e. The number of carbonyl (C=O) groups is 4. The lowest BCUT2D eigenvalue weighted by Crippen LogP contribution is -2.37. The monoisotopic (exact) mass is 441 g/mol. The van der Waals surface area contributed by atoms with Gasteiger partial charge in [0.2, 0.25) is 0 Å². The Labute approximate surface area is 181 Å². The van der Waals surface area contributed by atoms with Crippen molar-refractivity contribution < 1.29 is 28.3 Å². The van der Waals surface area contributed by atoms with Gasteiger partial charge in [-0.2, -0.15) is 0 Å². The summed E-state index contributed by atoms with van der Waals surface area (Å²) in [6.07, 6.45) is 1.37.